The molecule has 15 heavy (non-hydrogen) atoms. The third kappa shape index (κ3) is 2.91. The second kappa shape index (κ2) is 5.09. The van der Waals surface area contributed by atoms with Crippen molar-refractivity contribution in [3.63, 3.8) is 0 Å². The molecule has 1 rings (SSSR count). The normalized spacial score (nSPS) is 10.1. The lowest BCUT2D eigenvalue weighted by molar-refractivity contribution is 0.0944. The summed E-state index contributed by atoms with van der Waals surface area (Å²) in [4.78, 5) is 15.6. The Hall–Kier alpha value is -1.13. The van der Waals surface area contributed by atoms with Crippen molar-refractivity contribution in [2.45, 2.75) is 13.8 Å². The number of amides is 1. The molecule has 0 aliphatic heterocycles. The van der Waals surface area contributed by atoms with Gasteiger partial charge in [-0.15, -0.1) is 0 Å². The van der Waals surface area contributed by atoms with Crippen molar-refractivity contribution in [1.82, 2.24) is 10.3 Å². The molecule has 0 radical (unpaired) electrons. The summed E-state index contributed by atoms with van der Waals surface area (Å²) < 4.78 is 0. The van der Waals surface area contributed by atoms with Gasteiger partial charge in [0.25, 0.3) is 5.91 Å². The third-order valence-corrected chi connectivity index (χ3v) is 2.20. The number of aliphatic hydroxyl groups is 1. The van der Waals surface area contributed by atoms with Gasteiger partial charge in [0.15, 0.2) is 0 Å². The molecule has 0 unspecified atom stereocenters. The molecule has 0 spiro atoms. The SMILES string of the molecule is Cc1cc(C)c(C(=O)NCCO)c(Cl)n1. The Morgan fingerprint density at radius 1 is 1.60 bits per heavy atom. The van der Waals surface area contributed by atoms with E-state index < -0.39 is 0 Å². The molecule has 2 N–H and O–H groups in total. The predicted octanol–water partition coefficient (Wildman–Crippen LogP) is 1.07. The van der Waals surface area contributed by atoms with Crippen LogP contribution in [-0.4, -0.2) is 29.1 Å². The maximum atomic E-state index is 11.6. The quantitative estimate of drug-likeness (QED) is 0.761. The zero-order valence-electron chi connectivity index (χ0n) is 8.67. The van der Waals surface area contributed by atoms with Gasteiger partial charge in [-0.2, -0.15) is 0 Å². The van der Waals surface area contributed by atoms with Gasteiger partial charge in [-0.05, 0) is 25.5 Å². The summed E-state index contributed by atoms with van der Waals surface area (Å²) in [7, 11) is 0. The summed E-state index contributed by atoms with van der Waals surface area (Å²) in [5.74, 6) is -0.306. The highest BCUT2D eigenvalue weighted by molar-refractivity contribution is 6.32. The van der Waals surface area contributed by atoms with E-state index in [1.165, 1.54) is 0 Å². The molecule has 1 aromatic rings. The molecular formula is C10H13ClN2O2. The van der Waals surface area contributed by atoms with E-state index >= 15 is 0 Å². The fourth-order valence-electron chi connectivity index (χ4n) is 1.32. The van der Waals surface area contributed by atoms with Crippen molar-refractivity contribution in [2.75, 3.05) is 13.2 Å². The third-order valence-electron chi connectivity index (χ3n) is 1.92. The van der Waals surface area contributed by atoms with Crippen molar-refractivity contribution in [2.24, 2.45) is 0 Å². The number of hydrogen-bond acceptors (Lipinski definition) is 3. The minimum absolute atomic E-state index is 0.0955. The number of nitrogens with zero attached hydrogens (tertiary/aromatic N) is 1. The van der Waals surface area contributed by atoms with E-state index in [2.05, 4.69) is 10.3 Å². The lowest BCUT2D eigenvalue weighted by Crippen LogP contribution is -2.27. The van der Waals surface area contributed by atoms with Crippen molar-refractivity contribution < 1.29 is 9.90 Å². The first kappa shape index (κ1) is 11.9. The number of rotatable bonds is 3. The molecule has 0 aliphatic carbocycles. The van der Waals surface area contributed by atoms with Gasteiger partial charge < -0.3 is 10.4 Å². The topological polar surface area (TPSA) is 62.2 Å². The van der Waals surface area contributed by atoms with Crippen LogP contribution in [0.4, 0.5) is 0 Å². The van der Waals surface area contributed by atoms with E-state index in [0.717, 1.165) is 11.3 Å². The molecule has 0 saturated carbocycles. The molecule has 0 fully saturated rings. The van der Waals surface area contributed by atoms with Crippen molar-refractivity contribution in [1.29, 1.82) is 0 Å². The number of aryl methyl sites for hydroxylation is 2. The molecule has 5 heteroatoms. The average Bonchev–Trinajstić information content (AvgIpc) is 2.12. The van der Waals surface area contributed by atoms with Gasteiger partial charge in [0.2, 0.25) is 0 Å². The Balaban J connectivity index is 2.98. The van der Waals surface area contributed by atoms with E-state index in [9.17, 15) is 4.79 Å². The van der Waals surface area contributed by atoms with Gasteiger partial charge >= 0.3 is 0 Å². The van der Waals surface area contributed by atoms with Crippen LogP contribution in [0.5, 0.6) is 0 Å². The van der Waals surface area contributed by atoms with Gasteiger partial charge in [0, 0.05) is 12.2 Å². The zero-order valence-corrected chi connectivity index (χ0v) is 9.43. The summed E-state index contributed by atoms with van der Waals surface area (Å²) in [6, 6.07) is 1.79. The second-order valence-corrected chi connectivity index (χ2v) is 3.58. The molecule has 0 atom stereocenters. The van der Waals surface area contributed by atoms with Crippen molar-refractivity contribution >= 4 is 17.5 Å². The van der Waals surface area contributed by atoms with Crippen LogP contribution in [0.25, 0.3) is 0 Å². The number of carbonyl (C=O) groups excluding carboxylic acids is 1. The molecule has 4 nitrogen and oxygen atoms in total. The fourth-order valence-corrected chi connectivity index (χ4v) is 1.69. The maximum absolute atomic E-state index is 11.6. The Morgan fingerprint density at radius 3 is 2.80 bits per heavy atom. The van der Waals surface area contributed by atoms with Crippen LogP contribution in [0.1, 0.15) is 21.6 Å². The Kier molecular flexibility index (Phi) is 4.05. The van der Waals surface area contributed by atoms with E-state index in [4.69, 9.17) is 16.7 Å². The monoisotopic (exact) mass is 228 g/mol. The van der Waals surface area contributed by atoms with Gasteiger partial charge in [-0.25, -0.2) is 4.98 Å². The Bertz CT molecular complexity index is 357. The lowest BCUT2D eigenvalue weighted by atomic mass is 10.1. The lowest BCUT2D eigenvalue weighted by Gasteiger charge is -2.08. The number of pyridine rings is 1. The van der Waals surface area contributed by atoms with Crippen molar-refractivity contribution in [3.05, 3.63) is 28.0 Å². The number of nitrogens with one attached hydrogen (secondary N) is 1. The zero-order chi connectivity index (χ0) is 11.4. The molecule has 0 aliphatic rings. The highest BCUT2D eigenvalue weighted by Gasteiger charge is 2.14. The highest BCUT2D eigenvalue weighted by atomic mass is 35.5. The minimum Gasteiger partial charge on any atom is -0.395 e. The number of carbonyl (C=O) groups is 1. The van der Waals surface area contributed by atoms with Crippen LogP contribution in [0.3, 0.4) is 0 Å². The molecule has 0 saturated heterocycles. The molecule has 1 aromatic heterocycles. The number of hydrogen-bond donors (Lipinski definition) is 2. The van der Waals surface area contributed by atoms with Crippen LogP contribution in [0.15, 0.2) is 6.07 Å². The highest BCUT2D eigenvalue weighted by Crippen LogP contribution is 2.18. The van der Waals surface area contributed by atoms with Gasteiger partial charge in [0.05, 0.1) is 12.2 Å². The molecular weight excluding hydrogens is 216 g/mol. The first-order valence-electron chi connectivity index (χ1n) is 4.59. The first-order chi connectivity index (χ1) is 7.06. The van der Waals surface area contributed by atoms with Crippen LogP contribution in [0, 0.1) is 13.8 Å². The summed E-state index contributed by atoms with van der Waals surface area (Å²) in [6.45, 7) is 3.73. The molecule has 0 bridgehead atoms. The van der Waals surface area contributed by atoms with Crippen LogP contribution in [0.2, 0.25) is 5.15 Å². The molecule has 82 valence electrons. The predicted molar refractivity (Wildman–Crippen MR) is 58.1 cm³/mol. The Morgan fingerprint density at radius 2 is 2.27 bits per heavy atom. The molecule has 0 aromatic carbocycles. The summed E-state index contributed by atoms with van der Waals surface area (Å²) in [5, 5.41) is 11.3. The van der Waals surface area contributed by atoms with Crippen LogP contribution >= 0.6 is 11.6 Å². The summed E-state index contributed by atoms with van der Waals surface area (Å²) in [6.07, 6.45) is 0. The van der Waals surface area contributed by atoms with Gasteiger partial charge in [-0.1, -0.05) is 11.6 Å². The second-order valence-electron chi connectivity index (χ2n) is 3.23. The van der Waals surface area contributed by atoms with Gasteiger partial charge in [-0.3, -0.25) is 4.79 Å². The van der Waals surface area contributed by atoms with E-state index in [1.54, 1.807) is 13.0 Å². The molecule has 1 amide bonds. The average molecular weight is 229 g/mol. The minimum atomic E-state index is -0.306. The first-order valence-corrected chi connectivity index (χ1v) is 4.97. The molecule has 1 heterocycles. The van der Waals surface area contributed by atoms with Crippen molar-refractivity contribution in [3.8, 4) is 0 Å². The smallest absolute Gasteiger partial charge is 0.254 e. The fraction of sp³-hybridized carbons (Fsp3) is 0.400. The number of aliphatic hydroxyl groups excluding tert-OH is 1. The van der Waals surface area contributed by atoms with Crippen LogP contribution in [-0.2, 0) is 0 Å². The number of halogens is 1. The van der Waals surface area contributed by atoms with E-state index in [0.29, 0.717) is 5.56 Å². The maximum Gasteiger partial charge on any atom is 0.254 e. The van der Waals surface area contributed by atoms with E-state index in [-0.39, 0.29) is 24.2 Å². The number of aromatic nitrogens is 1. The standard InChI is InChI=1S/C10H13ClN2O2/c1-6-5-7(2)13-9(11)8(6)10(15)12-3-4-14/h5,14H,3-4H2,1-2H3,(H,12,15). The van der Waals surface area contributed by atoms with Crippen LogP contribution < -0.4 is 5.32 Å². The summed E-state index contributed by atoms with van der Waals surface area (Å²) >= 11 is 5.87. The largest absolute Gasteiger partial charge is 0.395 e. The summed E-state index contributed by atoms with van der Waals surface area (Å²) in [5.41, 5.74) is 1.93. The van der Waals surface area contributed by atoms with Gasteiger partial charge in [0.1, 0.15) is 5.15 Å². The Labute approximate surface area is 93.3 Å². The van der Waals surface area contributed by atoms with E-state index in [1.807, 2.05) is 6.92 Å².